The maximum absolute atomic E-state index is 10.8. The zero-order valence-corrected chi connectivity index (χ0v) is 24.0. The normalized spacial score (nSPS) is 9.83. The van der Waals surface area contributed by atoms with Crippen molar-refractivity contribution in [1.82, 2.24) is 19.9 Å². The van der Waals surface area contributed by atoms with E-state index in [0.717, 1.165) is 22.5 Å². The Morgan fingerprint density at radius 2 is 1.27 bits per heavy atom. The van der Waals surface area contributed by atoms with E-state index >= 15 is 0 Å². The second-order valence-corrected chi connectivity index (χ2v) is 8.71. The minimum Gasteiger partial charge on any atom is -0.481 e. The van der Waals surface area contributed by atoms with Crippen molar-refractivity contribution in [3.05, 3.63) is 96.6 Å². The van der Waals surface area contributed by atoms with Gasteiger partial charge in [0.1, 0.15) is 0 Å². The molecule has 216 valence electrons. The van der Waals surface area contributed by atoms with Gasteiger partial charge in [-0.1, -0.05) is 12.1 Å². The number of hydrogen-bond donors (Lipinski definition) is 2. The van der Waals surface area contributed by atoms with E-state index in [-0.39, 0.29) is 16.7 Å². The zero-order chi connectivity index (χ0) is 30.7. The largest absolute Gasteiger partial charge is 0.481 e. The monoisotopic (exact) mass is 584 g/mol. The number of aromatic nitrogens is 4. The van der Waals surface area contributed by atoms with E-state index in [9.17, 15) is 20.2 Å². The van der Waals surface area contributed by atoms with Gasteiger partial charge in [0.2, 0.25) is 23.0 Å². The fourth-order valence-electron chi connectivity index (χ4n) is 3.03. The molecule has 2 heterocycles. The van der Waals surface area contributed by atoms with E-state index in [1.165, 1.54) is 38.5 Å². The summed E-state index contributed by atoms with van der Waals surface area (Å²) in [4.78, 5) is 36.1. The predicted octanol–water partition coefficient (Wildman–Crippen LogP) is 5.69. The molecule has 0 radical (unpaired) electrons. The lowest BCUT2D eigenvalue weighted by molar-refractivity contribution is -0.385. The first-order valence-corrected chi connectivity index (χ1v) is 12.2. The summed E-state index contributed by atoms with van der Waals surface area (Å²) in [5.74, 6) is 1.27. The molecule has 0 fully saturated rings. The molecule has 0 unspecified atom stereocenters. The number of nitro benzene ring substituents is 2. The van der Waals surface area contributed by atoms with E-state index in [4.69, 9.17) is 26.8 Å². The van der Waals surface area contributed by atoms with Gasteiger partial charge in [-0.15, -0.1) is 0 Å². The number of nitrogens with one attached hydrogen (secondary N) is 1. The van der Waals surface area contributed by atoms with Crippen molar-refractivity contribution in [2.45, 2.75) is 27.7 Å². The number of halogens is 1. The van der Waals surface area contributed by atoms with Crippen LogP contribution in [0.15, 0.2) is 48.5 Å². The van der Waals surface area contributed by atoms with Gasteiger partial charge in [0.05, 0.1) is 29.8 Å². The van der Waals surface area contributed by atoms with E-state index < -0.39 is 9.85 Å². The van der Waals surface area contributed by atoms with Crippen molar-refractivity contribution in [3.8, 4) is 11.8 Å². The minimum absolute atomic E-state index is 0.0118. The Morgan fingerprint density at radius 1 is 0.756 bits per heavy atom. The van der Waals surface area contributed by atoms with Gasteiger partial charge >= 0.3 is 0 Å². The molecule has 0 amide bonds. The number of rotatable bonds is 6. The van der Waals surface area contributed by atoms with Gasteiger partial charge in [-0.2, -0.15) is 9.97 Å². The molecular weight excluding hydrogens is 556 g/mol. The van der Waals surface area contributed by atoms with Crippen LogP contribution in [0.5, 0.6) is 11.8 Å². The molecule has 2 aromatic heterocycles. The van der Waals surface area contributed by atoms with Crippen LogP contribution in [0, 0.1) is 47.9 Å². The van der Waals surface area contributed by atoms with Crippen LogP contribution in [0.25, 0.3) is 0 Å². The lowest BCUT2D eigenvalue weighted by Crippen LogP contribution is -2.02. The van der Waals surface area contributed by atoms with Crippen LogP contribution in [-0.2, 0) is 0 Å². The Balaban J connectivity index is 0.000000236. The van der Waals surface area contributed by atoms with Gasteiger partial charge < -0.3 is 20.5 Å². The Labute approximate surface area is 240 Å². The third-order valence-corrected chi connectivity index (χ3v) is 5.37. The molecular formula is C26H29ClN8O6. The number of anilines is 3. The highest BCUT2D eigenvalue weighted by atomic mass is 35.5. The number of hydrogen-bond acceptors (Lipinski definition) is 12. The number of nitrogen functional groups attached to an aromatic ring is 1. The van der Waals surface area contributed by atoms with Crippen LogP contribution in [0.3, 0.4) is 0 Å². The second-order valence-electron chi connectivity index (χ2n) is 8.38. The van der Waals surface area contributed by atoms with Gasteiger partial charge in [-0.3, -0.25) is 20.2 Å². The summed E-state index contributed by atoms with van der Waals surface area (Å²) in [7, 11) is 3.06. The molecule has 3 N–H and O–H groups in total. The minimum atomic E-state index is -0.462. The summed E-state index contributed by atoms with van der Waals surface area (Å²) < 4.78 is 9.91. The third-order valence-electron chi connectivity index (χ3n) is 5.20. The van der Waals surface area contributed by atoms with Crippen molar-refractivity contribution in [3.63, 3.8) is 0 Å². The van der Waals surface area contributed by atoms with Crippen LogP contribution in [0.2, 0.25) is 5.28 Å². The molecule has 0 bridgehead atoms. The van der Waals surface area contributed by atoms with Crippen LogP contribution in [0.1, 0.15) is 22.5 Å². The number of nitrogens with zero attached hydrogens (tertiary/aromatic N) is 6. The first-order valence-electron chi connectivity index (χ1n) is 11.8. The Kier molecular flexibility index (Phi) is 11.7. The summed E-state index contributed by atoms with van der Waals surface area (Å²) in [6.07, 6.45) is 0. The topological polar surface area (TPSA) is 194 Å². The Morgan fingerprint density at radius 3 is 1.78 bits per heavy atom. The highest BCUT2D eigenvalue weighted by Gasteiger charge is 2.11. The summed E-state index contributed by atoms with van der Waals surface area (Å²) in [6, 6.07) is 12.4. The molecule has 0 aliphatic rings. The van der Waals surface area contributed by atoms with Gasteiger partial charge in [0.25, 0.3) is 11.4 Å². The molecule has 0 aliphatic carbocycles. The predicted molar refractivity (Wildman–Crippen MR) is 155 cm³/mol. The van der Waals surface area contributed by atoms with Gasteiger partial charge in [-0.05, 0) is 50.4 Å². The Hall–Kier alpha value is -5.11. The second kappa shape index (κ2) is 14.9. The molecule has 0 atom stereocenters. The average molecular weight is 585 g/mol. The zero-order valence-electron chi connectivity index (χ0n) is 23.2. The summed E-state index contributed by atoms with van der Waals surface area (Å²) in [5.41, 5.74) is 9.81. The molecule has 41 heavy (non-hydrogen) atoms. The van der Waals surface area contributed by atoms with Crippen molar-refractivity contribution in [2.24, 2.45) is 0 Å². The van der Waals surface area contributed by atoms with Gasteiger partial charge in [-0.25, -0.2) is 9.97 Å². The van der Waals surface area contributed by atoms with Gasteiger partial charge in [0.15, 0.2) is 0 Å². The standard InChI is InChI=1S/C13H14N4O3.C7H8N2O2.C6H7ClN2O/c1-8-4-5-10(17(18)19)7-11(8)15-13-14-9(2)6-12(16-13)20-3;1-5-2-3-6(9(10)11)4-7(5)8;1-4-3-5(10-2)9-6(7)8-4/h4-7H,1-3H3,(H,14,15,16);2-4H,8H2,1H3;3H,1-2H3. The van der Waals surface area contributed by atoms with Crippen LogP contribution < -0.4 is 20.5 Å². The number of aryl methyl sites for hydroxylation is 4. The number of benzene rings is 2. The highest BCUT2D eigenvalue weighted by Crippen LogP contribution is 2.25. The van der Waals surface area contributed by atoms with Crippen LogP contribution in [-0.4, -0.2) is 44.0 Å². The summed E-state index contributed by atoms with van der Waals surface area (Å²) in [6.45, 7) is 7.30. The van der Waals surface area contributed by atoms with E-state index in [1.54, 1.807) is 31.2 Å². The fraction of sp³-hybridized carbons (Fsp3) is 0.231. The Bertz CT molecular complexity index is 1520. The highest BCUT2D eigenvalue weighted by molar-refractivity contribution is 6.28. The lowest BCUT2D eigenvalue weighted by atomic mass is 10.2. The molecule has 4 rings (SSSR count). The number of ether oxygens (including phenoxy) is 2. The number of nitrogens with two attached hydrogens (primary N) is 1. The number of nitro groups is 2. The molecule has 0 saturated carbocycles. The van der Waals surface area contributed by atoms with Crippen molar-refractivity contribution in [2.75, 3.05) is 25.3 Å². The molecule has 0 spiro atoms. The van der Waals surface area contributed by atoms with Crippen LogP contribution >= 0.6 is 11.6 Å². The van der Waals surface area contributed by atoms with Gasteiger partial charge in [0, 0.05) is 53.5 Å². The number of methoxy groups -OCH3 is 2. The quantitative estimate of drug-likeness (QED) is 0.122. The fourth-order valence-corrected chi connectivity index (χ4v) is 3.25. The maximum Gasteiger partial charge on any atom is 0.271 e. The molecule has 0 aliphatic heterocycles. The average Bonchev–Trinajstić information content (AvgIpc) is 2.91. The van der Waals surface area contributed by atoms with E-state index in [0.29, 0.717) is 29.1 Å². The third kappa shape index (κ3) is 10.2. The summed E-state index contributed by atoms with van der Waals surface area (Å²) in [5, 5.41) is 24.2. The first kappa shape index (κ1) is 32.1. The van der Waals surface area contributed by atoms with Crippen molar-refractivity contribution < 1.29 is 19.3 Å². The van der Waals surface area contributed by atoms with Crippen molar-refractivity contribution in [1.29, 1.82) is 0 Å². The molecule has 14 nitrogen and oxygen atoms in total. The summed E-state index contributed by atoms with van der Waals surface area (Å²) >= 11 is 5.53. The molecule has 15 heteroatoms. The maximum atomic E-state index is 10.8. The lowest BCUT2D eigenvalue weighted by Gasteiger charge is -2.09. The number of non-ortho nitro benzene ring substituents is 2. The van der Waals surface area contributed by atoms with E-state index in [1.807, 2.05) is 20.8 Å². The first-order chi connectivity index (χ1) is 19.3. The van der Waals surface area contributed by atoms with E-state index in [2.05, 4.69) is 25.3 Å². The molecule has 2 aromatic carbocycles. The molecule has 0 saturated heterocycles. The molecule has 4 aromatic rings. The van der Waals surface area contributed by atoms with Crippen LogP contribution in [0.4, 0.5) is 28.7 Å². The smallest absolute Gasteiger partial charge is 0.271 e. The van der Waals surface area contributed by atoms with Crippen molar-refractivity contribution >= 4 is 40.3 Å². The SMILES string of the molecule is COc1cc(C)nc(Cl)n1.COc1cc(C)nc(Nc2cc([N+](=O)[O-])ccc2C)n1.Cc1ccc([N+](=O)[O-])cc1N.